The summed E-state index contributed by atoms with van der Waals surface area (Å²) in [5.41, 5.74) is 1.21. The Hall–Kier alpha value is -1.85. The van der Waals surface area contributed by atoms with Gasteiger partial charge in [-0.1, -0.05) is 5.16 Å². The molecule has 21 heavy (non-hydrogen) atoms. The van der Waals surface area contributed by atoms with Crippen LogP contribution in [0.4, 0.5) is 0 Å². The van der Waals surface area contributed by atoms with Crippen LogP contribution in [-0.2, 0) is 17.6 Å². The van der Waals surface area contributed by atoms with Gasteiger partial charge in [0.15, 0.2) is 5.69 Å². The van der Waals surface area contributed by atoms with Gasteiger partial charge in [0, 0.05) is 30.0 Å². The molecule has 2 amide bonds. The van der Waals surface area contributed by atoms with Crippen molar-refractivity contribution < 1.29 is 14.1 Å². The third-order valence-corrected chi connectivity index (χ3v) is 3.97. The van der Waals surface area contributed by atoms with Crippen LogP contribution in [0.25, 0.3) is 0 Å². The summed E-state index contributed by atoms with van der Waals surface area (Å²) >= 11 is 0. The molecule has 3 rings (SSSR count). The third-order valence-electron chi connectivity index (χ3n) is 3.97. The molecule has 0 aromatic carbocycles. The van der Waals surface area contributed by atoms with Crippen LogP contribution in [-0.4, -0.2) is 29.1 Å². The molecule has 2 N–H and O–H groups in total. The first kappa shape index (κ1) is 14.1. The van der Waals surface area contributed by atoms with Gasteiger partial charge < -0.3 is 15.2 Å². The fourth-order valence-electron chi connectivity index (χ4n) is 2.70. The van der Waals surface area contributed by atoms with Crippen LogP contribution in [0.3, 0.4) is 0 Å². The van der Waals surface area contributed by atoms with Crippen LogP contribution in [0.2, 0.25) is 0 Å². The van der Waals surface area contributed by atoms with Crippen molar-refractivity contribution in [3.63, 3.8) is 0 Å². The van der Waals surface area contributed by atoms with Gasteiger partial charge in [-0.2, -0.15) is 0 Å². The molecule has 2 aliphatic carbocycles. The SMILES string of the molecule is CC(C)NC(=O)c1noc2c1CC(NC(=O)C1CC1)CC2. The summed E-state index contributed by atoms with van der Waals surface area (Å²) in [6.07, 6.45) is 4.18. The molecule has 1 unspecified atom stereocenters. The van der Waals surface area contributed by atoms with Crippen molar-refractivity contribution >= 4 is 11.8 Å². The average molecular weight is 291 g/mol. The number of nitrogens with zero attached hydrogens (tertiary/aromatic N) is 1. The van der Waals surface area contributed by atoms with Crippen molar-refractivity contribution in [2.45, 2.75) is 58.0 Å². The fraction of sp³-hybridized carbons (Fsp3) is 0.667. The average Bonchev–Trinajstić information content (AvgIpc) is 3.18. The highest BCUT2D eigenvalue weighted by Gasteiger charge is 2.34. The zero-order valence-corrected chi connectivity index (χ0v) is 12.4. The maximum Gasteiger partial charge on any atom is 0.273 e. The number of hydrogen-bond acceptors (Lipinski definition) is 4. The Morgan fingerprint density at radius 3 is 2.71 bits per heavy atom. The molecule has 0 saturated heterocycles. The molecular weight excluding hydrogens is 270 g/mol. The second-order valence-electron chi connectivity index (χ2n) is 6.28. The molecule has 0 bridgehead atoms. The Morgan fingerprint density at radius 2 is 2.05 bits per heavy atom. The summed E-state index contributed by atoms with van der Waals surface area (Å²) in [7, 11) is 0. The van der Waals surface area contributed by atoms with Crippen LogP contribution in [0.15, 0.2) is 4.52 Å². The molecule has 1 atom stereocenters. The highest BCUT2D eigenvalue weighted by atomic mass is 16.5. The second kappa shape index (κ2) is 5.50. The second-order valence-corrected chi connectivity index (χ2v) is 6.28. The summed E-state index contributed by atoms with van der Waals surface area (Å²) in [6, 6.07) is 0.134. The predicted octanol–water partition coefficient (Wildman–Crippen LogP) is 1.20. The van der Waals surface area contributed by atoms with E-state index in [9.17, 15) is 9.59 Å². The van der Waals surface area contributed by atoms with Gasteiger partial charge in [-0.25, -0.2) is 0 Å². The zero-order valence-electron chi connectivity index (χ0n) is 12.4. The monoisotopic (exact) mass is 291 g/mol. The van der Waals surface area contributed by atoms with Crippen LogP contribution in [0.5, 0.6) is 0 Å². The first-order valence-electron chi connectivity index (χ1n) is 7.63. The summed E-state index contributed by atoms with van der Waals surface area (Å²) in [5, 5.41) is 9.82. The van der Waals surface area contributed by atoms with Crippen molar-refractivity contribution in [3.8, 4) is 0 Å². The molecule has 0 radical (unpaired) electrons. The lowest BCUT2D eigenvalue weighted by Gasteiger charge is -2.22. The molecule has 0 aliphatic heterocycles. The first-order valence-corrected chi connectivity index (χ1v) is 7.63. The quantitative estimate of drug-likeness (QED) is 0.873. The van der Waals surface area contributed by atoms with E-state index in [2.05, 4.69) is 15.8 Å². The van der Waals surface area contributed by atoms with Gasteiger partial charge in [-0.05, 0) is 39.5 Å². The topological polar surface area (TPSA) is 84.2 Å². The lowest BCUT2D eigenvalue weighted by Crippen LogP contribution is -2.40. The molecule has 114 valence electrons. The number of hydrogen-bond donors (Lipinski definition) is 2. The van der Waals surface area contributed by atoms with E-state index in [1.165, 1.54) is 0 Å². The standard InChI is InChI=1S/C15H21N3O3/c1-8(2)16-15(20)13-11-7-10(5-6-12(11)21-18-13)17-14(19)9-3-4-9/h8-10H,3-7H2,1-2H3,(H,16,20)(H,17,19). The molecular formula is C15H21N3O3. The Kier molecular flexibility index (Phi) is 3.69. The van der Waals surface area contributed by atoms with E-state index in [4.69, 9.17) is 4.52 Å². The Balaban J connectivity index is 1.70. The van der Waals surface area contributed by atoms with E-state index in [1.807, 2.05) is 13.8 Å². The van der Waals surface area contributed by atoms with Gasteiger partial charge in [0.1, 0.15) is 5.76 Å². The van der Waals surface area contributed by atoms with Crippen molar-refractivity contribution in [3.05, 3.63) is 17.0 Å². The van der Waals surface area contributed by atoms with E-state index in [-0.39, 0.29) is 29.8 Å². The first-order chi connectivity index (χ1) is 10.0. The maximum atomic E-state index is 12.1. The molecule has 1 heterocycles. The van der Waals surface area contributed by atoms with E-state index >= 15 is 0 Å². The summed E-state index contributed by atoms with van der Waals surface area (Å²) in [4.78, 5) is 24.0. The molecule has 2 aliphatic rings. The van der Waals surface area contributed by atoms with Crippen molar-refractivity contribution in [1.82, 2.24) is 15.8 Å². The van der Waals surface area contributed by atoms with Crippen LogP contribution < -0.4 is 10.6 Å². The van der Waals surface area contributed by atoms with E-state index < -0.39 is 0 Å². The van der Waals surface area contributed by atoms with E-state index in [0.717, 1.165) is 30.6 Å². The van der Waals surface area contributed by atoms with Crippen LogP contribution >= 0.6 is 0 Å². The number of aryl methyl sites for hydroxylation is 1. The molecule has 0 spiro atoms. The molecule has 6 heteroatoms. The summed E-state index contributed by atoms with van der Waals surface area (Å²) in [6.45, 7) is 3.81. The van der Waals surface area contributed by atoms with E-state index in [0.29, 0.717) is 18.5 Å². The lowest BCUT2D eigenvalue weighted by molar-refractivity contribution is -0.123. The largest absolute Gasteiger partial charge is 0.360 e. The molecule has 1 saturated carbocycles. The number of nitrogens with one attached hydrogen (secondary N) is 2. The highest BCUT2D eigenvalue weighted by molar-refractivity contribution is 5.94. The Bertz CT molecular complexity index is 561. The number of aromatic nitrogens is 1. The van der Waals surface area contributed by atoms with E-state index in [1.54, 1.807) is 0 Å². The zero-order chi connectivity index (χ0) is 15.0. The van der Waals surface area contributed by atoms with Crippen molar-refractivity contribution in [1.29, 1.82) is 0 Å². The highest BCUT2D eigenvalue weighted by Crippen LogP contribution is 2.30. The minimum Gasteiger partial charge on any atom is -0.360 e. The molecule has 6 nitrogen and oxygen atoms in total. The summed E-state index contributed by atoms with van der Waals surface area (Å²) in [5.74, 6) is 0.927. The van der Waals surface area contributed by atoms with Crippen molar-refractivity contribution in [2.75, 3.05) is 0 Å². The Morgan fingerprint density at radius 1 is 1.29 bits per heavy atom. The number of carbonyl (C=O) groups is 2. The maximum absolute atomic E-state index is 12.1. The van der Waals surface area contributed by atoms with Gasteiger partial charge in [0.25, 0.3) is 5.91 Å². The predicted molar refractivity (Wildman–Crippen MR) is 75.8 cm³/mol. The number of carbonyl (C=O) groups excluding carboxylic acids is 2. The normalized spacial score (nSPS) is 21.0. The molecule has 1 aromatic heterocycles. The molecule has 1 fully saturated rings. The smallest absolute Gasteiger partial charge is 0.273 e. The van der Waals surface area contributed by atoms with Gasteiger partial charge in [0.05, 0.1) is 0 Å². The minimum atomic E-state index is -0.204. The van der Waals surface area contributed by atoms with Gasteiger partial charge in [-0.3, -0.25) is 9.59 Å². The number of fused-ring (bicyclic) bond motifs is 1. The van der Waals surface area contributed by atoms with Gasteiger partial charge in [-0.15, -0.1) is 0 Å². The van der Waals surface area contributed by atoms with Crippen LogP contribution in [0.1, 0.15) is 54.9 Å². The number of rotatable bonds is 4. The fourth-order valence-corrected chi connectivity index (χ4v) is 2.70. The minimum absolute atomic E-state index is 0.0545. The lowest BCUT2D eigenvalue weighted by atomic mass is 9.91. The molecule has 1 aromatic rings. The summed E-state index contributed by atoms with van der Waals surface area (Å²) < 4.78 is 5.28. The third kappa shape index (κ3) is 3.09. The number of amides is 2. The van der Waals surface area contributed by atoms with Crippen LogP contribution in [0, 0.1) is 5.92 Å². The van der Waals surface area contributed by atoms with Gasteiger partial charge >= 0.3 is 0 Å². The Labute approximate surface area is 123 Å². The van der Waals surface area contributed by atoms with Gasteiger partial charge in [0.2, 0.25) is 5.91 Å². The van der Waals surface area contributed by atoms with Crippen molar-refractivity contribution in [2.24, 2.45) is 5.92 Å².